The van der Waals surface area contributed by atoms with Crippen LogP contribution in [0.4, 0.5) is 0 Å². The van der Waals surface area contributed by atoms with E-state index in [1.165, 1.54) is 0 Å². The van der Waals surface area contributed by atoms with Crippen LogP contribution in [0.5, 0.6) is 5.75 Å². The Hall–Kier alpha value is -2.41. The van der Waals surface area contributed by atoms with E-state index >= 15 is 0 Å². The van der Waals surface area contributed by atoms with E-state index in [-0.39, 0.29) is 12.5 Å². The van der Waals surface area contributed by atoms with Crippen molar-refractivity contribution in [2.75, 3.05) is 6.61 Å². The Bertz CT molecular complexity index is 980. The number of carbonyl (C=O) groups excluding carboxylic acids is 1. The van der Waals surface area contributed by atoms with Crippen molar-refractivity contribution in [3.05, 3.63) is 52.6 Å². The quantitative estimate of drug-likeness (QED) is 0.655. The highest BCUT2D eigenvalue weighted by Crippen LogP contribution is 2.37. The van der Waals surface area contributed by atoms with Crippen molar-refractivity contribution >= 4 is 32.6 Å². The minimum Gasteiger partial charge on any atom is -0.483 e. The average Bonchev–Trinajstić information content (AvgIpc) is 3.31. The molecule has 0 spiro atoms. The average molecular weight is 430 g/mol. The Balaban J connectivity index is 1.47. The van der Waals surface area contributed by atoms with Gasteiger partial charge in [0.25, 0.3) is 5.91 Å². The first-order valence-electron chi connectivity index (χ1n) is 8.99. The van der Waals surface area contributed by atoms with E-state index in [1.54, 1.807) is 6.92 Å². The van der Waals surface area contributed by atoms with Crippen molar-refractivity contribution in [2.45, 2.75) is 38.1 Å². The van der Waals surface area contributed by atoms with E-state index in [1.807, 2.05) is 36.4 Å². The Kier molecular flexibility index (Phi) is 4.86. The molecule has 1 N–H and O–H groups in total. The minimum absolute atomic E-state index is 0.0739. The summed E-state index contributed by atoms with van der Waals surface area (Å²) in [5.41, 5.74) is -0.557. The van der Waals surface area contributed by atoms with Gasteiger partial charge in [0, 0.05) is 6.92 Å². The molecular weight excluding hydrogens is 410 g/mol. The van der Waals surface area contributed by atoms with Gasteiger partial charge in [0.15, 0.2) is 12.4 Å². The fourth-order valence-corrected chi connectivity index (χ4v) is 4.26. The first-order chi connectivity index (χ1) is 13.1. The van der Waals surface area contributed by atoms with Gasteiger partial charge in [-0.05, 0) is 45.6 Å². The van der Waals surface area contributed by atoms with Crippen molar-refractivity contribution < 1.29 is 14.1 Å². The molecule has 1 aliphatic carbocycles. The molecular formula is C20H20BrN3O3. The summed E-state index contributed by atoms with van der Waals surface area (Å²) in [5.74, 6) is 1.50. The summed E-state index contributed by atoms with van der Waals surface area (Å²) in [6, 6.07) is 11.9. The molecule has 0 saturated heterocycles. The topological polar surface area (TPSA) is 77.2 Å². The SMILES string of the molecule is Cc1nc(C2(NC(=O)COc3ccc4ccccc4c3Br)CCCC2)no1. The highest BCUT2D eigenvalue weighted by Gasteiger charge is 2.41. The normalized spacial score (nSPS) is 15.8. The van der Waals surface area contributed by atoms with Crippen LogP contribution in [0.15, 0.2) is 45.4 Å². The van der Waals surface area contributed by atoms with E-state index in [0.29, 0.717) is 17.5 Å². The van der Waals surface area contributed by atoms with Crippen LogP contribution in [0.1, 0.15) is 37.4 Å². The lowest BCUT2D eigenvalue weighted by molar-refractivity contribution is -0.125. The van der Waals surface area contributed by atoms with Gasteiger partial charge in [0.2, 0.25) is 5.89 Å². The zero-order valence-electron chi connectivity index (χ0n) is 15.0. The first-order valence-corrected chi connectivity index (χ1v) is 9.79. The number of fused-ring (bicyclic) bond motifs is 1. The number of aromatic nitrogens is 2. The minimum atomic E-state index is -0.557. The summed E-state index contributed by atoms with van der Waals surface area (Å²) < 4.78 is 11.7. The molecule has 4 rings (SSSR count). The summed E-state index contributed by atoms with van der Waals surface area (Å²) in [4.78, 5) is 16.9. The molecule has 0 atom stereocenters. The van der Waals surface area contributed by atoms with Crippen molar-refractivity contribution in [3.8, 4) is 5.75 Å². The second-order valence-electron chi connectivity index (χ2n) is 6.86. The van der Waals surface area contributed by atoms with Crippen LogP contribution in [-0.4, -0.2) is 22.7 Å². The largest absolute Gasteiger partial charge is 0.483 e. The maximum atomic E-state index is 12.6. The molecule has 1 saturated carbocycles. The number of carbonyl (C=O) groups is 1. The first kappa shape index (κ1) is 18.0. The molecule has 2 aromatic carbocycles. The maximum absolute atomic E-state index is 12.6. The lowest BCUT2D eigenvalue weighted by Crippen LogP contribution is -2.46. The summed E-state index contributed by atoms with van der Waals surface area (Å²) >= 11 is 3.58. The van der Waals surface area contributed by atoms with Gasteiger partial charge >= 0.3 is 0 Å². The van der Waals surface area contributed by atoms with Crippen LogP contribution < -0.4 is 10.1 Å². The molecule has 27 heavy (non-hydrogen) atoms. The lowest BCUT2D eigenvalue weighted by atomic mass is 9.96. The maximum Gasteiger partial charge on any atom is 0.258 e. The molecule has 0 aliphatic heterocycles. The number of nitrogens with one attached hydrogen (secondary N) is 1. The van der Waals surface area contributed by atoms with Crippen molar-refractivity contribution in [1.29, 1.82) is 0 Å². The van der Waals surface area contributed by atoms with Crippen molar-refractivity contribution in [3.63, 3.8) is 0 Å². The highest BCUT2D eigenvalue weighted by atomic mass is 79.9. The summed E-state index contributed by atoms with van der Waals surface area (Å²) in [6.45, 7) is 1.68. The van der Waals surface area contributed by atoms with Gasteiger partial charge < -0.3 is 14.6 Å². The Morgan fingerprint density at radius 1 is 1.26 bits per heavy atom. The van der Waals surface area contributed by atoms with Crippen LogP contribution >= 0.6 is 15.9 Å². The molecule has 7 heteroatoms. The van der Waals surface area contributed by atoms with E-state index < -0.39 is 5.54 Å². The van der Waals surface area contributed by atoms with Crippen LogP contribution in [0.3, 0.4) is 0 Å². The molecule has 1 fully saturated rings. The highest BCUT2D eigenvalue weighted by molar-refractivity contribution is 9.10. The molecule has 0 bridgehead atoms. The standard InChI is InChI=1S/C20H20BrN3O3/c1-13-22-19(24-27-13)20(10-4-5-11-20)23-17(25)12-26-16-9-8-14-6-2-3-7-15(14)18(16)21/h2-3,6-9H,4-5,10-12H2,1H3,(H,23,25). The van der Waals surface area contributed by atoms with E-state index in [2.05, 4.69) is 31.4 Å². The number of ether oxygens (including phenoxy) is 1. The third-order valence-corrected chi connectivity index (χ3v) is 5.80. The fraction of sp³-hybridized carbons (Fsp3) is 0.350. The van der Waals surface area contributed by atoms with Gasteiger partial charge in [-0.2, -0.15) is 4.98 Å². The molecule has 1 amide bonds. The predicted molar refractivity (Wildman–Crippen MR) is 104 cm³/mol. The number of benzene rings is 2. The summed E-state index contributed by atoms with van der Waals surface area (Å²) in [6.07, 6.45) is 3.64. The van der Waals surface area contributed by atoms with Gasteiger partial charge in [-0.3, -0.25) is 4.79 Å². The van der Waals surface area contributed by atoms with E-state index in [4.69, 9.17) is 9.26 Å². The number of hydrogen-bond donors (Lipinski definition) is 1. The second-order valence-corrected chi connectivity index (χ2v) is 7.65. The third kappa shape index (κ3) is 3.56. The van der Waals surface area contributed by atoms with E-state index in [9.17, 15) is 4.79 Å². The monoisotopic (exact) mass is 429 g/mol. The number of nitrogens with zero attached hydrogens (tertiary/aromatic N) is 2. The van der Waals surface area contributed by atoms with Gasteiger partial charge in [-0.1, -0.05) is 48.3 Å². The molecule has 1 aliphatic rings. The zero-order chi connectivity index (χ0) is 18.9. The summed E-state index contributed by atoms with van der Waals surface area (Å²) in [5, 5.41) is 9.28. The number of aryl methyl sites for hydroxylation is 1. The van der Waals surface area contributed by atoms with Gasteiger partial charge in [-0.25, -0.2) is 0 Å². The molecule has 1 heterocycles. The third-order valence-electron chi connectivity index (χ3n) is 4.98. The molecule has 3 aromatic rings. The molecule has 6 nitrogen and oxygen atoms in total. The molecule has 0 radical (unpaired) electrons. The van der Waals surface area contributed by atoms with E-state index in [0.717, 1.165) is 40.9 Å². The van der Waals surface area contributed by atoms with Crippen molar-refractivity contribution in [2.24, 2.45) is 0 Å². The van der Waals surface area contributed by atoms with Gasteiger partial charge in [-0.15, -0.1) is 0 Å². The van der Waals surface area contributed by atoms with Crippen LogP contribution in [-0.2, 0) is 10.3 Å². The predicted octanol–water partition coefficient (Wildman–Crippen LogP) is 4.26. The smallest absolute Gasteiger partial charge is 0.258 e. The Morgan fingerprint density at radius 2 is 2.04 bits per heavy atom. The Labute approximate surface area is 165 Å². The van der Waals surface area contributed by atoms with Crippen LogP contribution in [0, 0.1) is 6.92 Å². The molecule has 1 aromatic heterocycles. The van der Waals surface area contributed by atoms with Gasteiger partial charge in [0.1, 0.15) is 11.3 Å². The second kappa shape index (κ2) is 7.31. The fourth-order valence-electron chi connectivity index (χ4n) is 3.65. The van der Waals surface area contributed by atoms with Crippen LogP contribution in [0.2, 0.25) is 0 Å². The zero-order valence-corrected chi connectivity index (χ0v) is 16.6. The van der Waals surface area contributed by atoms with Crippen molar-refractivity contribution in [1.82, 2.24) is 15.5 Å². The molecule has 140 valence electrons. The molecule has 0 unspecified atom stereocenters. The van der Waals surface area contributed by atoms with Gasteiger partial charge in [0.05, 0.1) is 4.47 Å². The number of amides is 1. The van der Waals surface area contributed by atoms with Crippen LogP contribution in [0.25, 0.3) is 10.8 Å². The number of rotatable bonds is 5. The lowest BCUT2D eigenvalue weighted by Gasteiger charge is -2.26. The Morgan fingerprint density at radius 3 is 2.78 bits per heavy atom. The number of halogens is 1. The number of hydrogen-bond acceptors (Lipinski definition) is 5. The summed E-state index contributed by atoms with van der Waals surface area (Å²) in [7, 11) is 0.